The van der Waals surface area contributed by atoms with Crippen LogP contribution in [-0.2, 0) is 13.3 Å². The van der Waals surface area contributed by atoms with Crippen molar-refractivity contribution in [2.45, 2.75) is 46.1 Å². The van der Waals surface area contributed by atoms with Crippen LogP contribution in [0.25, 0.3) is 0 Å². The molecular formula is C15H37N3O3Si. The molecule has 0 saturated carbocycles. The molecule has 0 fully saturated rings. The molecule has 0 bridgehead atoms. The molecule has 0 radical (unpaired) electrons. The van der Waals surface area contributed by atoms with Gasteiger partial charge in [0.2, 0.25) is 0 Å². The summed E-state index contributed by atoms with van der Waals surface area (Å²) in [6.45, 7) is 12.4. The lowest BCUT2D eigenvalue weighted by atomic mass is 10.3. The Kier molecular flexibility index (Phi) is 14.5. The van der Waals surface area contributed by atoms with Crippen LogP contribution in [0, 0.1) is 0 Å². The lowest BCUT2D eigenvalue weighted by Crippen LogP contribution is -2.46. The average molecular weight is 336 g/mol. The van der Waals surface area contributed by atoms with Crippen molar-refractivity contribution in [2.75, 3.05) is 52.5 Å². The third-order valence-electron chi connectivity index (χ3n) is 3.41. The molecule has 22 heavy (non-hydrogen) atoms. The normalized spacial score (nSPS) is 12.3. The Balaban J connectivity index is 4.39. The zero-order chi connectivity index (χ0) is 16.7. The highest BCUT2D eigenvalue weighted by molar-refractivity contribution is 6.60. The summed E-state index contributed by atoms with van der Waals surface area (Å²) in [5.41, 5.74) is 11.2. The third kappa shape index (κ3) is 9.89. The van der Waals surface area contributed by atoms with Crippen LogP contribution in [0.1, 0.15) is 40.0 Å². The van der Waals surface area contributed by atoms with E-state index in [-0.39, 0.29) is 0 Å². The molecule has 0 heterocycles. The first-order valence-electron chi connectivity index (χ1n) is 8.72. The summed E-state index contributed by atoms with van der Waals surface area (Å²) in [7, 11) is -2.50. The van der Waals surface area contributed by atoms with Crippen LogP contribution in [0.3, 0.4) is 0 Å². The van der Waals surface area contributed by atoms with E-state index in [2.05, 4.69) is 4.90 Å². The van der Waals surface area contributed by atoms with E-state index < -0.39 is 8.80 Å². The minimum atomic E-state index is -2.50. The number of nitrogens with two attached hydrogens (primary N) is 2. The van der Waals surface area contributed by atoms with Crippen LogP contribution in [0.5, 0.6) is 0 Å². The Morgan fingerprint density at radius 3 is 1.50 bits per heavy atom. The van der Waals surface area contributed by atoms with Gasteiger partial charge in [-0.25, -0.2) is 0 Å². The lowest BCUT2D eigenvalue weighted by molar-refractivity contribution is 0.0699. The first kappa shape index (κ1) is 22.0. The van der Waals surface area contributed by atoms with Gasteiger partial charge < -0.3 is 29.6 Å². The van der Waals surface area contributed by atoms with Gasteiger partial charge in [-0.3, -0.25) is 0 Å². The van der Waals surface area contributed by atoms with Gasteiger partial charge in [-0.2, -0.15) is 0 Å². The number of hydrogen-bond donors (Lipinski definition) is 2. The van der Waals surface area contributed by atoms with Crippen LogP contribution < -0.4 is 11.5 Å². The molecule has 0 aromatic carbocycles. The molecule has 0 aromatic heterocycles. The lowest BCUT2D eigenvalue weighted by Gasteiger charge is -2.29. The van der Waals surface area contributed by atoms with Crippen molar-refractivity contribution < 1.29 is 13.3 Å². The van der Waals surface area contributed by atoms with Crippen molar-refractivity contribution in [3.63, 3.8) is 0 Å². The van der Waals surface area contributed by atoms with E-state index in [0.29, 0.717) is 19.8 Å². The van der Waals surface area contributed by atoms with Crippen molar-refractivity contribution in [1.29, 1.82) is 0 Å². The summed E-state index contributed by atoms with van der Waals surface area (Å²) >= 11 is 0. The summed E-state index contributed by atoms with van der Waals surface area (Å²) in [6, 6.07) is 0.865. The molecule has 6 nitrogen and oxygen atoms in total. The van der Waals surface area contributed by atoms with Crippen molar-refractivity contribution >= 4 is 8.80 Å². The zero-order valence-corrected chi connectivity index (χ0v) is 15.8. The van der Waals surface area contributed by atoms with E-state index in [4.69, 9.17) is 24.7 Å². The number of hydrogen-bond acceptors (Lipinski definition) is 6. The maximum atomic E-state index is 5.89. The maximum absolute atomic E-state index is 5.89. The van der Waals surface area contributed by atoms with E-state index in [9.17, 15) is 0 Å². The smallest absolute Gasteiger partial charge is 0.374 e. The number of rotatable bonds is 16. The highest BCUT2D eigenvalue weighted by atomic mass is 28.4. The first-order valence-corrected chi connectivity index (χ1v) is 10.7. The SMILES string of the molecule is CCO[Si](CCCN(CCCN)CCCN)(OCC)OCC. The second kappa shape index (κ2) is 14.6. The Labute approximate surface area is 137 Å². The molecule has 7 heteroatoms. The van der Waals surface area contributed by atoms with Gasteiger partial charge in [-0.05, 0) is 72.8 Å². The van der Waals surface area contributed by atoms with E-state index >= 15 is 0 Å². The fraction of sp³-hybridized carbons (Fsp3) is 1.00. The fourth-order valence-electron chi connectivity index (χ4n) is 2.49. The minimum absolute atomic E-state index is 0.635. The summed E-state index contributed by atoms with van der Waals surface area (Å²) in [4.78, 5) is 2.43. The zero-order valence-electron chi connectivity index (χ0n) is 14.8. The van der Waals surface area contributed by atoms with E-state index in [0.717, 1.165) is 58.0 Å². The van der Waals surface area contributed by atoms with Crippen LogP contribution in [0.4, 0.5) is 0 Å². The molecule has 0 aliphatic carbocycles. The van der Waals surface area contributed by atoms with Gasteiger partial charge >= 0.3 is 8.80 Å². The Morgan fingerprint density at radius 1 is 0.727 bits per heavy atom. The molecule has 0 rings (SSSR count). The molecule has 0 amide bonds. The maximum Gasteiger partial charge on any atom is 0.500 e. The van der Waals surface area contributed by atoms with Gasteiger partial charge in [0.1, 0.15) is 0 Å². The molecule has 4 N–H and O–H groups in total. The summed E-state index contributed by atoms with van der Waals surface area (Å²) in [6.07, 6.45) is 3.06. The van der Waals surface area contributed by atoms with Crippen LogP contribution in [0.2, 0.25) is 6.04 Å². The largest absolute Gasteiger partial charge is 0.500 e. The summed E-state index contributed by atoms with van der Waals surface area (Å²) in [5.74, 6) is 0. The van der Waals surface area contributed by atoms with Crippen molar-refractivity contribution in [3.05, 3.63) is 0 Å². The molecule has 0 atom stereocenters. The molecule has 0 aliphatic rings. The molecule has 134 valence electrons. The summed E-state index contributed by atoms with van der Waals surface area (Å²) < 4.78 is 17.7. The predicted octanol–water partition coefficient (Wildman–Crippen LogP) is 1.42. The summed E-state index contributed by atoms with van der Waals surface area (Å²) in [5, 5.41) is 0. The first-order chi connectivity index (χ1) is 10.7. The molecule has 0 aliphatic heterocycles. The Morgan fingerprint density at radius 2 is 1.14 bits per heavy atom. The average Bonchev–Trinajstić information content (AvgIpc) is 2.50. The minimum Gasteiger partial charge on any atom is -0.374 e. The van der Waals surface area contributed by atoms with Crippen molar-refractivity contribution in [3.8, 4) is 0 Å². The quantitative estimate of drug-likeness (QED) is 0.415. The standard InChI is InChI=1S/C15H37N3O3Si/c1-4-19-22(20-5-2,21-6-3)15-9-14-18(12-7-10-16)13-8-11-17/h4-17H2,1-3H3. The molecular weight excluding hydrogens is 298 g/mol. The highest BCUT2D eigenvalue weighted by Crippen LogP contribution is 2.18. The number of nitrogens with zero attached hydrogens (tertiary/aromatic N) is 1. The topological polar surface area (TPSA) is 83.0 Å². The van der Waals surface area contributed by atoms with Crippen molar-refractivity contribution in [2.24, 2.45) is 11.5 Å². The van der Waals surface area contributed by atoms with Gasteiger partial charge in [0.05, 0.1) is 0 Å². The third-order valence-corrected chi connectivity index (χ3v) is 6.56. The van der Waals surface area contributed by atoms with Gasteiger partial charge in [-0.15, -0.1) is 0 Å². The fourth-order valence-corrected chi connectivity index (χ4v) is 5.08. The predicted molar refractivity (Wildman–Crippen MR) is 93.8 cm³/mol. The Bertz CT molecular complexity index is 223. The van der Waals surface area contributed by atoms with Crippen LogP contribution in [-0.4, -0.2) is 66.2 Å². The van der Waals surface area contributed by atoms with Crippen LogP contribution >= 0.6 is 0 Å². The van der Waals surface area contributed by atoms with Crippen molar-refractivity contribution in [1.82, 2.24) is 4.90 Å². The van der Waals surface area contributed by atoms with E-state index in [1.165, 1.54) is 0 Å². The van der Waals surface area contributed by atoms with Gasteiger partial charge in [0, 0.05) is 25.9 Å². The van der Waals surface area contributed by atoms with Gasteiger partial charge in [0.25, 0.3) is 0 Å². The molecule has 0 saturated heterocycles. The second-order valence-corrected chi connectivity index (χ2v) is 7.94. The molecule has 0 unspecified atom stereocenters. The van der Waals surface area contributed by atoms with E-state index in [1.54, 1.807) is 0 Å². The van der Waals surface area contributed by atoms with Gasteiger partial charge in [0.15, 0.2) is 0 Å². The molecule has 0 spiro atoms. The van der Waals surface area contributed by atoms with Crippen LogP contribution in [0.15, 0.2) is 0 Å². The van der Waals surface area contributed by atoms with Gasteiger partial charge in [-0.1, -0.05) is 0 Å². The monoisotopic (exact) mass is 335 g/mol. The Hall–Kier alpha value is -0.0231. The molecule has 0 aromatic rings. The van der Waals surface area contributed by atoms with E-state index in [1.807, 2.05) is 20.8 Å². The highest BCUT2D eigenvalue weighted by Gasteiger charge is 2.39. The second-order valence-electron chi connectivity index (χ2n) is 5.21.